The summed E-state index contributed by atoms with van der Waals surface area (Å²) in [5.74, 6) is -0.967. The molecule has 2 heterocycles. The number of nitro benzene ring substituents is 1. The van der Waals surface area contributed by atoms with E-state index in [1.807, 2.05) is 0 Å². The molecular formula is C22H19ClN4O6S2. The second kappa shape index (κ2) is 10.6. The Hall–Kier alpha value is -3.19. The van der Waals surface area contributed by atoms with Gasteiger partial charge in [-0.3, -0.25) is 24.8 Å². The van der Waals surface area contributed by atoms with Crippen molar-refractivity contribution in [3.05, 3.63) is 62.5 Å². The molecule has 0 aliphatic carbocycles. The van der Waals surface area contributed by atoms with Crippen LogP contribution in [0.1, 0.15) is 16.8 Å². The highest BCUT2D eigenvalue weighted by atomic mass is 35.5. The van der Waals surface area contributed by atoms with E-state index in [2.05, 4.69) is 5.32 Å². The minimum Gasteiger partial charge on any atom is -0.477 e. The number of nitro groups is 1. The predicted molar refractivity (Wildman–Crippen MR) is 133 cm³/mol. The topological polar surface area (TPSA) is 145 Å². The van der Waals surface area contributed by atoms with Crippen LogP contribution in [-0.4, -0.2) is 53.2 Å². The molecule has 3 aromatic rings. The summed E-state index contributed by atoms with van der Waals surface area (Å²) in [6.07, 6.45) is 0.877. The van der Waals surface area contributed by atoms with E-state index in [0.29, 0.717) is 31.2 Å². The molecule has 0 bridgehead atoms. The molecule has 0 saturated carbocycles. The first-order valence-electron chi connectivity index (χ1n) is 10.3. The molecule has 0 radical (unpaired) electrons. The Balaban J connectivity index is 1.42. The number of ether oxygens (including phenoxy) is 1. The molecule has 13 heteroatoms. The van der Waals surface area contributed by atoms with Gasteiger partial charge in [0.05, 0.1) is 30.5 Å². The van der Waals surface area contributed by atoms with Crippen molar-refractivity contribution < 1.29 is 24.0 Å². The van der Waals surface area contributed by atoms with Crippen molar-refractivity contribution in [2.45, 2.75) is 22.7 Å². The smallest absolute Gasteiger partial charge is 0.318 e. The highest BCUT2D eigenvalue weighted by Gasteiger charge is 2.37. The maximum absolute atomic E-state index is 13.0. The Bertz CT molecular complexity index is 1320. The average Bonchev–Trinajstić information content (AvgIpc) is 3.44. The molecule has 1 aliphatic rings. The van der Waals surface area contributed by atoms with Gasteiger partial charge in [0.15, 0.2) is 12.4 Å². The molecule has 1 aliphatic heterocycles. The molecule has 1 fully saturated rings. The number of nitrogens with two attached hydrogens (primary N) is 1. The molecule has 2 amide bonds. The molecule has 0 spiro atoms. The van der Waals surface area contributed by atoms with E-state index in [0.717, 1.165) is 23.3 Å². The SMILES string of the molecule is NSc1sc(Cl)cc1C(=O)N1CC(NC(=O)COc2ccc3ccccc3c2[N+](=O)[O-])CC1C=O. The largest absolute Gasteiger partial charge is 0.477 e. The summed E-state index contributed by atoms with van der Waals surface area (Å²) in [4.78, 5) is 49.6. The lowest BCUT2D eigenvalue weighted by atomic mass is 10.1. The number of halogens is 1. The first-order chi connectivity index (χ1) is 16.8. The van der Waals surface area contributed by atoms with Gasteiger partial charge in [0.1, 0.15) is 6.29 Å². The number of hydrogen-bond acceptors (Lipinski definition) is 9. The fourth-order valence-electron chi connectivity index (χ4n) is 4.02. The number of carbonyl (C=O) groups excluding carboxylic acids is 3. The van der Waals surface area contributed by atoms with E-state index < -0.39 is 35.4 Å². The number of hydrogen-bond donors (Lipinski definition) is 2. The zero-order chi connectivity index (χ0) is 25.1. The van der Waals surface area contributed by atoms with Crippen molar-refractivity contribution in [2.24, 2.45) is 5.14 Å². The van der Waals surface area contributed by atoms with Crippen LogP contribution in [0.3, 0.4) is 0 Å². The summed E-state index contributed by atoms with van der Waals surface area (Å²) in [5, 5.41) is 21.1. The van der Waals surface area contributed by atoms with Gasteiger partial charge in [0, 0.05) is 12.6 Å². The van der Waals surface area contributed by atoms with Gasteiger partial charge in [-0.15, -0.1) is 11.3 Å². The molecular weight excluding hydrogens is 516 g/mol. The third-order valence-electron chi connectivity index (χ3n) is 5.54. The number of nitrogens with zero attached hydrogens (tertiary/aromatic N) is 2. The lowest BCUT2D eigenvalue weighted by molar-refractivity contribution is -0.384. The number of thiophene rings is 1. The van der Waals surface area contributed by atoms with Crippen LogP contribution in [0.15, 0.2) is 46.7 Å². The number of fused-ring (bicyclic) bond motifs is 1. The Morgan fingerprint density at radius 2 is 2.11 bits per heavy atom. The fraction of sp³-hybridized carbons (Fsp3) is 0.227. The molecule has 1 saturated heterocycles. The van der Waals surface area contributed by atoms with Crippen molar-refractivity contribution in [3.63, 3.8) is 0 Å². The van der Waals surface area contributed by atoms with Crippen LogP contribution in [0, 0.1) is 10.1 Å². The summed E-state index contributed by atoms with van der Waals surface area (Å²) in [5.41, 5.74) is 0.0795. The number of aldehydes is 1. The average molecular weight is 535 g/mol. The van der Waals surface area contributed by atoms with Gasteiger partial charge in [0.2, 0.25) is 0 Å². The highest BCUT2D eigenvalue weighted by Crippen LogP contribution is 2.36. The Morgan fingerprint density at radius 1 is 1.34 bits per heavy atom. The van der Waals surface area contributed by atoms with Crippen LogP contribution < -0.4 is 15.2 Å². The van der Waals surface area contributed by atoms with Crippen molar-refractivity contribution in [1.29, 1.82) is 0 Å². The normalized spacial score (nSPS) is 17.4. The fourth-order valence-corrected chi connectivity index (χ4v) is 5.85. The molecule has 2 unspecified atom stereocenters. The summed E-state index contributed by atoms with van der Waals surface area (Å²) in [7, 11) is 0. The van der Waals surface area contributed by atoms with Crippen LogP contribution in [0.5, 0.6) is 5.75 Å². The summed E-state index contributed by atoms with van der Waals surface area (Å²) >= 11 is 8.07. The van der Waals surface area contributed by atoms with Crippen LogP contribution >= 0.6 is 34.9 Å². The molecule has 182 valence electrons. The summed E-state index contributed by atoms with van der Waals surface area (Å²) in [6, 6.07) is 10.2. The van der Waals surface area contributed by atoms with E-state index in [1.165, 1.54) is 17.0 Å². The van der Waals surface area contributed by atoms with Gasteiger partial charge in [-0.25, -0.2) is 0 Å². The second-order valence-corrected chi connectivity index (χ2v) is 10.3. The van der Waals surface area contributed by atoms with Crippen molar-refractivity contribution in [1.82, 2.24) is 10.2 Å². The zero-order valence-corrected chi connectivity index (χ0v) is 20.4. The Labute approximate surface area is 212 Å². The maximum atomic E-state index is 13.0. The molecule has 2 atom stereocenters. The van der Waals surface area contributed by atoms with Gasteiger partial charge < -0.3 is 19.7 Å². The van der Waals surface area contributed by atoms with Gasteiger partial charge in [-0.2, -0.15) is 0 Å². The van der Waals surface area contributed by atoms with E-state index in [1.54, 1.807) is 30.3 Å². The first-order valence-corrected chi connectivity index (χ1v) is 12.4. The Kier molecular flexibility index (Phi) is 7.55. The Morgan fingerprint density at radius 3 is 2.83 bits per heavy atom. The van der Waals surface area contributed by atoms with Gasteiger partial charge in [0.25, 0.3) is 11.8 Å². The second-order valence-electron chi connectivity index (χ2n) is 7.71. The molecule has 35 heavy (non-hydrogen) atoms. The number of nitrogens with one attached hydrogen (secondary N) is 1. The van der Waals surface area contributed by atoms with Gasteiger partial charge in [-0.1, -0.05) is 35.9 Å². The predicted octanol–water partition coefficient (Wildman–Crippen LogP) is 3.41. The van der Waals surface area contributed by atoms with Crippen LogP contribution in [0.2, 0.25) is 4.34 Å². The minimum absolute atomic E-state index is 0.0287. The van der Waals surface area contributed by atoms with E-state index in [-0.39, 0.29) is 24.4 Å². The first kappa shape index (κ1) is 24.9. The molecule has 2 aromatic carbocycles. The molecule has 3 N–H and O–H groups in total. The van der Waals surface area contributed by atoms with Crippen molar-refractivity contribution >= 4 is 69.4 Å². The lowest BCUT2D eigenvalue weighted by Gasteiger charge is -2.20. The third-order valence-corrected chi connectivity index (χ3v) is 7.57. The number of likely N-dealkylation sites (tertiary alicyclic amines) is 1. The van der Waals surface area contributed by atoms with E-state index >= 15 is 0 Å². The zero-order valence-electron chi connectivity index (χ0n) is 18.0. The van der Waals surface area contributed by atoms with Crippen molar-refractivity contribution in [2.75, 3.05) is 13.2 Å². The van der Waals surface area contributed by atoms with Gasteiger partial charge in [-0.05, 0) is 42.0 Å². The lowest BCUT2D eigenvalue weighted by Crippen LogP contribution is -2.41. The van der Waals surface area contributed by atoms with Crippen LogP contribution in [-0.2, 0) is 9.59 Å². The maximum Gasteiger partial charge on any atom is 0.318 e. The highest BCUT2D eigenvalue weighted by molar-refractivity contribution is 7.99. The van der Waals surface area contributed by atoms with Crippen LogP contribution in [0.25, 0.3) is 10.8 Å². The number of rotatable bonds is 8. The third kappa shape index (κ3) is 5.25. The standard InChI is InChI=1S/C22H19ClN4O6S2/c23-18-8-16(22(34-18)35-24)21(30)26-9-13(7-14(26)10-28)25-19(29)11-33-17-6-5-12-3-1-2-4-15(12)20(17)27(31)32/h1-6,8,10,13-14H,7,9,11,24H2,(H,25,29). The van der Waals surface area contributed by atoms with E-state index in [9.17, 15) is 24.5 Å². The summed E-state index contributed by atoms with van der Waals surface area (Å²) < 4.78 is 6.40. The molecule has 10 nitrogen and oxygen atoms in total. The number of carbonyl (C=O) groups is 3. The number of benzene rings is 2. The van der Waals surface area contributed by atoms with E-state index in [4.69, 9.17) is 21.5 Å². The summed E-state index contributed by atoms with van der Waals surface area (Å²) in [6.45, 7) is -0.365. The quantitative estimate of drug-likeness (QED) is 0.193. The number of amides is 2. The minimum atomic E-state index is -0.732. The molecule has 1 aromatic heterocycles. The van der Waals surface area contributed by atoms with Gasteiger partial charge >= 0.3 is 5.69 Å². The molecule has 4 rings (SSSR count). The van der Waals surface area contributed by atoms with Crippen LogP contribution in [0.4, 0.5) is 5.69 Å². The van der Waals surface area contributed by atoms with Crippen molar-refractivity contribution in [3.8, 4) is 5.75 Å². The monoisotopic (exact) mass is 534 g/mol.